The zero-order valence-corrected chi connectivity index (χ0v) is 14.1. The Labute approximate surface area is 137 Å². The van der Waals surface area contributed by atoms with Crippen molar-refractivity contribution >= 4 is 22.9 Å². The van der Waals surface area contributed by atoms with E-state index in [0.29, 0.717) is 28.5 Å². The van der Waals surface area contributed by atoms with Crippen molar-refractivity contribution in [3.63, 3.8) is 0 Å². The monoisotopic (exact) mass is 314 g/mol. The van der Waals surface area contributed by atoms with Crippen LogP contribution in [0.2, 0.25) is 0 Å². The van der Waals surface area contributed by atoms with Crippen LogP contribution in [0.15, 0.2) is 18.2 Å². The van der Waals surface area contributed by atoms with E-state index in [0.717, 1.165) is 37.4 Å². The number of hydrogen-bond donors (Lipinski definition) is 3. The molecule has 23 heavy (non-hydrogen) atoms. The van der Waals surface area contributed by atoms with Gasteiger partial charge in [-0.25, -0.2) is 9.97 Å². The van der Waals surface area contributed by atoms with Gasteiger partial charge in [-0.2, -0.15) is 0 Å². The molecule has 1 aromatic heterocycles. The van der Waals surface area contributed by atoms with Crippen LogP contribution in [0.3, 0.4) is 0 Å². The predicted molar refractivity (Wildman–Crippen MR) is 98.3 cm³/mol. The van der Waals surface area contributed by atoms with Gasteiger partial charge in [0, 0.05) is 30.5 Å². The van der Waals surface area contributed by atoms with Gasteiger partial charge >= 0.3 is 0 Å². The highest BCUT2D eigenvalue weighted by molar-refractivity contribution is 5.90. The van der Waals surface area contributed by atoms with Gasteiger partial charge in [0.2, 0.25) is 0 Å². The van der Waals surface area contributed by atoms with E-state index in [1.54, 1.807) is 12.1 Å². The van der Waals surface area contributed by atoms with Gasteiger partial charge in [-0.05, 0) is 32.4 Å². The Morgan fingerprint density at radius 1 is 0.957 bits per heavy atom. The van der Waals surface area contributed by atoms with E-state index in [4.69, 9.17) is 17.2 Å². The van der Waals surface area contributed by atoms with Crippen LogP contribution >= 0.6 is 0 Å². The van der Waals surface area contributed by atoms with E-state index in [9.17, 15) is 0 Å². The van der Waals surface area contributed by atoms with Gasteiger partial charge in [0.25, 0.3) is 0 Å². The summed E-state index contributed by atoms with van der Waals surface area (Å²) in [5.74, 6) is 1.44. The van der Waals surface area contributed by atoms with Crippen LogP contribution in [-0.2, 0) is 6.42 Å². The minimum absolute atomic E-state index is 0.434. The van der Waals surface area contributed by atoms with Gasteiger partial charge in [0.1, 0.15) is 5.82 Å². The smallest absolute Gasteiger partial charge is 0.166 e. The minimum atomic E-state index is 0.434. The standard InChI is InChI=1S/C17H26N6/c1-4-7-11-10-14(23(5-2)6-3)22-17(21-11)15-12(18)8-9-13(19)16(15)20/h8-10H,4-7,18-20H2,1-3H3. The van der Waals surface area contributed by atoms with Gasteiger partial charge in [-0.3, -0.25) is 0 Å². The number of nitrogens with two attached hydrogens (primary N) is 3. The first-order valence-corrected chi connectivity index (χ1v) is 8.08. The van der Waals surface area contributed by atoms with Gasteiger partial charge in [0.15, 0.2) is 5.82 Å². The summed E-state index contributed by atoms with van der Waals surface area (Å²) in [7, 11) is 0. The van der Waals surface area contributed by atoms with Crippen molar-refractivity contribution in [2.45, 2.75) is 33.6 Å². The third-order valence-electron chi connectivity index (χ3n) is 3.89. The van der Waals surface area contributed by atoms with Crippen LogP contribution in [0.4, 0.5) is 22.9 Å². The maximum Gasteiger partial charge on any atom is 0.166 e. The van der Waals surface area contributed by atoms with Crippen molar-refractivity contribution in [1.82, 2.24) is 9.97 Å². The summed E-state index contributed by atoms with van der Waals surface area (Å²) >= 11 is 0. The van der Waals surface area contributed by atoms with Crippen LogP contribution < -0.4 is 22.1 Å². The fourth-order valence-electron chi connectivity index (χ4n) is 2.59. The molecule has 6 N–H and O–H groups in total. The van der Waals surface area contributed by atoms with Crippen LogP contribution in [0.5, 0.6) is 0 Å². The predicted octanol–water partition coefficient (Wildman–Crippen LogP) is 2.69. The SMILES string of the molecule is CCCc1cc(N(CC)CC)nc(-c2c(N)ccc(N)c2N)n1. The van der Waals surface area contributed by atoms with Crippen molar-refractivity contribution in [2.24, 2.45) is 0 Å². The lowest BCUT2D eigenvalue weighted by atomic mass is 10.1. The highest BCUT2D eigenvalue weighted by atomic mass is 15.2. The molecule has 124 valence electrons. The lowest BCUT2D eigenvalue weighted by molar-refractivity contribution is 0.824. The molecule has 0 saturated heterocycles. The second kappa shape index (κ2) is 7.17. The molecule has 0 atom stereocenters. The molecule has 0 aliphatic carbocycles. The van der Waals surface area contributed by atoms with E-state index in [2.05, 4.69) is 35.6 Å². The summed E-state index contributed by atoms with van der Waals surface area (Å²) in [6, 6.07) is 5.49. The maximum atomic E-state index is 6.13. The van der Waals surface area contributed by atoms with Crippen LogP contribution in [0, 0.1) is 0 Å². The minimum Gasteiger partial charge on any atom is -0.398 e. The molecule has 0 fully saturated rings. The molecule has 2 aromatic rings. The largest absolute Gasteiger partial charge is 0.398 e. The molecule has 2 rings (SSSR count). The van der Waals surface area contributed by atoms with E-state index in [-0.39, 0.29) is 0 Å². The van der Waals surface area contributed by atoms with E-state index in [1.807, 2.05) is 6.07 Å². The Kier molecular flexibility index (Phi) is 5.26. The summed E-state index contributed by atoms with van der Waals surface area (Å²) in [6.45, 7) is 8.09. The van der Waals surface area contributed by atoms with Gasteiger partial charge in [-0.15, -0.1) is 0 Å². The summed E-state index contributed by atoms with van der Waals surface area (Å²) in [6.07, 6.45) is 1.89. The molecule has 0 aliphatic rings. The number of anilines is 4. The third-order valence-corrected chi connectivity index (χ3v) is 3.89. The lowest BCUT2D eigenvalue weighted by Crippen LogP contribution is -2.23. The molecule has 6 heteroatoms. The summed E-state index contributed by atoms with van der Waals surface area (Å²) in [5, 5.41) is 0. The van der Waals surface area contributed by atoms with Crippen molar-refractivity contribution in [3.05, 3.63) is 23.9 Å². The first-order valence-electron chi connectivity index (χ1n) is 8.08. The van der Waals surface area contributed by atoms with Crippen molar-refractivity contribution in [1.29, 1.82) is 0 Å². The van der Waals surface area contributed by atoms with Crippen molar-refractivity contribution in [2.75, 3.05) is 35.2 Å². The fraction of sp³-hybridized carbons (Fsp3) is 0.412. The average Bonchev–Trinajstić information content (AvgIpc) is 2.53. The number of aryl methyl sites for hydroxylation is 1. The average molecular weight is 314 g/mol. The first-order chi connectivity index (χ1) is 11.0. The molecule has 0 spiro atoms. The molecule has 0 amide bonds. The molecule has 1 aromatic carbocycles. The summed E-state index contributed by atoms with van der Waals surface area (Å²) in [5.41, 5.74) is 21.2. The fourth-order valence-corrected chi connectivity index (χ4v) is 2.59. The highest BCUT2D eigenvalue weighted by Gasteiger charge is 2.16. The van der Waals surface area contributed by atoms with Crippen LogP contribution in [0.1, 0.15) is 32.9 Å². The second-order valence-electron chi connectivity index (χ2n) is 5.50. The van der Waals surface area contributed by atoms with Crippen LogP contribution in [0.25, 0.3) is 11.4 Å². The molecular weight excluding hydrogens is 288 g/mol. The molecule has 0 saturated carbocycles. The van der Waals surface area contributed by atoms with Gasteiger partial charge < -0.3 is 22.1 Å². The zero-order valence-electron chi connectivity index (χ0n) is 14.1. The Morgan fingerprint density at radius 2 is 1.61 bits per heavy atom. The van der Waals surface area contributed by atoms with Gasteiger partial charge in [-0.1, -0.05) is 13.3 Å². The van der Waals surface area contributed by atoms with E-state index in [1.165, 1.54) is 0 Å². The molecule has 0 aliphatic heterocycles. The normalized spacial score (nSPS) is 10.7. The Hall–Kier alpha value is -2.50. The number of nitrogens with zero attached hydrogens (tertiary/aromatic N) is 3. The summed E-state index contributed by atoms with van der Waals surface area (Å²) < 4.78 is 0. The number of hydrogen-bond acceptors (Lipinski definition) is 6. The topological polar surface area (TPSA) is 107 Å². The Balaban J connectivity index is 2.64. The molecule has 6 nitrogen and oxygen atoms in total. The van der Waals surface area contributed by atoms with E-state index >= 15 is 0 Å². The maximum absolute atomic E-state index is 6.13. The van der Waals surface area contributed by atoms with Gasteiger partial charge in [0.05, 0.1) is 16.9 Å². The zero-order chi connectivity index (χ0) is 17.0. The number of rotatable bonds is 6. The molecule has 0 bridgehead atoms. The Morgan fingerprint density at radius 3 is 2.22 bits per heavy atom. The number of benzene rings is 1. The first kappa shape index (κ1) is 16.9. The third kappa shape index (κ3) is 3.47. The van der Waals surface area contributed by atoms with Crippen molar-refractivity contribution < 1.29 is 0 Å². The van der Waals surface area contributed by atoms with E-state index < -0.39 is 0 Å². The lowest BCUT2D eigenvalue weighted by Gasteiger charge is -2.21. The number of aromatic nitrogens is 2. The summed E-state index contributed by atoms with van der Waals surface area (Å²) in [4.78, 5) is 11.5. The second-order valence-corrected chi connectivity index (χ2v) is 5.50. The molecular formula is C17H26N6. The molecule has 0 unspecified atom stereocenters. The highest BCUT2D eigenvalue weighted by Crippen LogP contribution is 2.34. The van der Waals surface area contributed by atoms with Crippen LogP contribution in [-0.4, -0.2) is 23.1 Å². The van der Waals surface area contributed by atoms with Crippen molar-refractivity contribution in [3.8, 4) is 11.4 Å². The quantitative estimate of drug-likeness (QED) is 0.708. The molecule has 1 heterocycles. The number of nitrogen functional groups attached to an aromatic ring is 3. The molecule has 0 radical (unpaired) electrons. The Bertz CT molecular complexity index is 679.